The van der Waals surface area contributed by atoms with E-state index in [4.69, 9.17) is 4.42 Å². The Kier molecular flexibility index (Phi) is 4.14. The summed E-state index contributed by atoms with van der Waals surface area (Å²) in [6.07, 6.45) is 2.50. The predicted molar refractivity (Wildman–Crippen MR) is 81.6 cm³/mol. The molecule has 2 nitrogen and oxygen atoms in total. The van der Waals surface area contributed by atoms with Crippen LogP contribution in [0.5, 0.6) is 0 Å². The SMILES string of the molecule is CC(C)(C)CCCC(=O)c1cc2cccc(Br)c2o1. The lowest BCUT2D eigenvalue weighted by Gasteiger charge is -2.16. The molecule has 0 aliphatic heterocycles. The Morgan fingerprint density at radius 3 is 2.68 bits per heavy atom. The first-order valence-electron chi connectivity index (χ1n) is 6.58. The summed E-state index contributed by atoms with van der Waals surface area (Å²) in [5.74, 6) is 0.558. The number of Topliss-reactive ketones (excluding diaryl/α,β-unsaturated/α-hetero) is 1. The van der Waals surface area contributed by atoms with Gasteiger partial charge in [0.2, 0.25) is 0 Å². The van der Waals surface area contributed by atoms with Gasteiger partial charge in [-0.05, 0) is 46.3 Å². The molecule has 0 fully saturated rings. The molecule has 0 N–H and O–H groups in total. The molecule has 0 aliphatic carbocycles. The van der Waals surface area contributed by atoms with E-state index >= 15 is 0 Å². The van der Waals surface area contributed by atoms with Crippen molar-refractivity contribution in [3.63, 3.8) is 0 Å². The fourth-order valence-corrected chi connectivity index (χ4v) is 2.53. The van der Waals surface area contributed by atoms with Gasteiger partial charge in [-0.3, -0.25) is 4.79 Å². The first-order chi connectivity index (χ1) is 8.87. The van der Waals surface area contributed by atoms with Crippen LogP contribution < -0.4 is 0 Å². The fourth-order valence-electron chi connectivity index (χ4n) is 2.07. The summed E-state index contributed by atoms with van der Waals surface area (Å²) < 4.78 is 6.53. The molecule has 102 valence electrons. The Hall–Kier alpha value is -1.09. The molecule has 0 saturated heterocycles. The molecule has 0 spiro atoms. The highest BCUT2D eigenvalue weighted by Gasteiger charge is 2.15. The highest BCUT2D eigenvalue weighted by atomic mass is 79.9. The van der Waals surface area contributed by atoms with Crippen LogP contribution in [0.3, 0.4) is 0 Å². The van der Waals surface area contributed by atoms with Crippen LogP contribution in [0, 0.1) is 5.41 Å². The molecule has 0 aliphatic rings. The molecule has 0 amide bonds. The van der Waals surface area contributed by atoms with Crippen molar-refractivity contribution in [3.05, 3.63) is 34.5 Å². The number of halogens is 1. The minimum Gasteiger partial charge on any atom is -0.452 e. The van der Waals surface area contributed by atoms with Crippen molar-refractivity contribution in [2.75, 3.05) is 0 Å². The number of hydrogen-bond donors (Lipinski definition) is 0. The molecule has 0 atom stereocenters. The van der Waals surface area contributed by atoms with Crippen LogP contribution in [0.1, 0.15) is 50.6 Å². The van der Waals surface area contributed by atoms with Crippen LogP contribution >= 0.6 is 15.9 Å². The van der Waals surface area contributed by atoms with Crippen LogP contribution in [0.15, 0.2) is 33.2 Å². The minimum absolute atomic E-state index is 0.0901. The monoisotopic (exact) mass is 322 g/mol. The Labute approximate surface area is 122 Å². The summed E-state index contributed by atoms with van der Waals surface area (Å²) in [5.41, 5.74) is 1.03. The average Bonchev–Trinajstić information content (AvgIpc) is 2.72. The van der Waals surface area contributed by atoms with Crippen molar-refractivity contribution in [2.24, 2.45) is 5.41 Å². The standard InChI is InChI=1S/C16H19BrO2/c1-16(2,3)9-5-8-13(18)14-10-11-6-4-7-12(17)15(11)19-14/h4,6-7,10H,5,8-9H2,1-3H3. The van der Waals surface area contributed by atoms with Gasteiger partial charge in [-0.25, -0.2) is 0 Å². The normalized spacial score (nSPS) is 12.0. The topological polar surface area (TPSA) is 30.2 Å². The molecule has 1 aromatic carbocycles. The summed E-state index contributed by atoms with van der Waals surface area (Å²) in [5, 5.41) is 0.966. The second-order valence-corrected chi connectivity index (χ2v) is 6.96. The van der Waals surface area contributed by atoms with E-state index in [1.165, 1.54) is 0 Å². The third-order valence-corrected chi connectivity index (χ3v) is 3.73. The molecule has 2 rings (SSSR count). The lowest BCUT2D eigenvalue weighted by molar-refractivity contribution is 0.0951. The van der Waals surface area contributed by atoms with Crippen LogP contribution in [0.2, 0.25) is 0 Å². The maximum Gasteiger partial charge on any atom is 0.198 e. The second-order valence-electron chi connectivity index (χ2n) is 6.11. The molecule has 0 radical (unpaired) electrons. The highest BCUT2D eigenvalue weighted by Crippen LogP contribution is 2.28. The van der Waals surface area contributed by atoms with E-state index < -0.39 is 0 Å². The number of rotatable bonds is 4. The third-order valence-electron chi connectivity index (χ3n) is 3.10. The highest BCUT2D eigenvalue weighted by molar-refractivity contribution is 9.10. The largest absolute Gasteiger partial charge is 0.452 e. The van der Waals surface area contributed by atoms with Gasteiger partial charge >= 0.3 is 0 Å². The van der Waals surface area contributed by atoms with Gasteiger partial charge in [0.25, 0.3) is 0 Å². The molecule has 2 aromatic rings. The molecular formula is C16H19BrO2. The molecule has 3 heteroatoms. The Morgan fingerprint density at radius 1 is 1.32 bits per heavy atom. The lowest BCUT2D eigenvalue weighted by atomic mass is 9.89. The van der Waals surface area contributed by atoms with Crippen molar-refractivity contribution in [1.82, 2.24) is 0 Å². The van der Waals surface area contributed by atoms with Crippen LogP contribution in [0.25, 0.3) is 11.0 Å². The average molecular weight is 323 g/mol. The number of fused-ring (bicyclic) bond motifs is 1. The molecule has 19 heavy (non-hydrogen) atoms. The van der Waals surface area contributed by atoms with Crippen molar-refractivity contribution < 1.29 is 9.21 Å². The first kappa shape index (κ1) is 14.3. The van der Waals surface area contributed by atoms with Crippen molar-refractivity contribution in [2.45, 2.75) is 40.0 Å². The number of para-hydroxylation sites is 1. The molecule has 0 bridgehead atoms. The zero-order valence-electron chi connectivity index (χ0n) is 11.6. The lowest BCUT2D eigenvalue weighted by Crippen LogP contribution is -2.06. The molecule has 1 aromatic heterocycles. The van der Waals surface area contributed by atoms with E-state index in [1.54, 1.807) is 0 Å². The molecule has 0 saturated carbocycles. The van der Waals surface area contributed by atoms with Crippen molar-refractivity contribution >= 4 is 32.7 Å². The maximum absolute atomic E-state index is 12.1. The number of ketones is 1. The van der Waals surface area contributed by atoms with Gasteiger partial charge in [0.1, 0.15) is 5.58 Å². The van der Waals surface area contributed by atoms with Crippen LogP contribution in [0.4, 0.5) is 0 Å². The summed E-state index contributed by atoms with van der Waals surface area (Å²) in [7, 11) is 0. The van der Waals surface area contributed by atoms with Crippen molar-refractivity contribution in [3.8, 4) is 0 Å². The van der Waals surface area contributed by atoms with Gasteiger partial charge in [-0.1, -0.05) is 32.9 Å². The van der Waals surface area contributed by atoms with E-state index in [0.717, 1.165) is 28.3 Å². The number of hydrogen-bond acceptors (Lipinski definition) is 2. The summed E-state index contributed by atoms with van der Waals surface area (Å²) in [4.78, 5) is 12.1. The fraction of sp³-hybridized carbons (Fsp3) is 0.438. The maximum atomic E-state index is 12.1. The summed E-state index contributed by atoms with van der Waals surface area (Å²) >= 11 is 3.43. The summed E-state index contributed by atoms with van der Waals surface area (Å²) in [6, 6.07) is 7.64. The molecular weight excluding hydrogens is 304 g/mol. The van der Waals surface area contributed by atoms with E-state index in [0.29, 0.717) is 12.2 Å². The number of furan rings is 1. The minimum atomic E-state index is 0.0901. The Balaban J connectivity index is 2.08. The van der Waals surface area contributed by atoms with Gasteiger partial charge in [0, 0.05) is 11.8 Å². The van der Waals surface area contributed by atoms with E-state index in [-0.39, 0.29) is 11.2 Å². The van der Waals surface area contributed by atoms with E-state index in [9.17, 15) is 4.79 Å². The number of benzene rings is 1. The summed E-state index contributed by atoms with van der Waals surface area (Å²) in [6.45, 7) is 6.57. The molecule has 1 heterocycles. The van der Waals surface area contributed by atoms with Gasteiger partial charge in [0.05, 0.1) is 4.47 Å². The number of carbonyl (C=O) groups excluding carboxylic acids is 1. The zero-order valence-corrected chi connectivity index (χ0v) is 13.2. The van der Waals surface area contributed by atoms with Gasteiger partial charge in [0.15, 0.2) is 11.5 Å². The predicted octanol–water partition coefficient (Wildman–Crippen LogP) is 5.59. The van der Waals surface area contributed by atoms with Gasteiger partial charge in [-0.2, -0.15) is 0 Å². The zero-order chi connectivity index (χ0) is 14.0. The van der Waals surface area contributed by atoms with Crippen LogP contribution in [-0.2, 0) is 0 Å². The smallest absolute Gasteiger partial charge is 0.198 e. The quantitative estimate of drug-likeness (QED) is 0.686. The van der Waals surface area contributed by atoms with Gasteiger partial charge in [-0.15, -0.1) is 0 Å². The van der Waals surface area contributed by atoms with E-state index in [1.807, 2.05) is 24.3 Å². The molecule has 0 unspecified atom stereocenters. The Bertz CT molecular complexity index is 590. The van der Waals surface area contributed by atoms with E-state index in [2.05, 4.69) is 36.7 Å². The second kappa shape index (κ2) is 5.49. The number of carbonyl (C=O) groups is 1. The van der Waals surface area contributed by atoms with Gasteiger partial charge < -0.3 is 4.42 Å². The third kappa shape index (κ3) is 3.69. The van der Waals surface area contributed by atoms with Crippen molar-refractivity contribution in [1.29, 1.82) is 0 Å². The first-order valence-corrected chi connectivity index (χ1v) is 7.37. The van der Waals surface area contributed by atoms with Crippen LogP contribution in [-0.4, -0.2) is 5.78 Å². The Morgan fingerprint density at radius 2 is 2.05 bits per heavy atom.